The highest BCUT2D eigenvalue weighted by Gasteiger charge is 2.14. The maximum absolute atomic E-state index is 11.4. The van der Waals surface area contributed by atoms with Gasteiger partial charge in [0.05, 0.1) is 5.68 Å². The minimum Gasteiger partial charge on any atom is -0.320 e. The zero-order valence-corrected chi connectivity index (χ0v) is 9.38. The first-order valence-corrected chi connectivity index (χ1v) is 5.49. The average molecular weight is 192 g/mol. The average Bonchev–Trinajstić information content (AvgIpc) is 2.21. The van der Waals surface area contributed by atoms with Crippen LogP contribution in [0.4, 0.5) is 0 Å². The Labute approximate surface area is 89.9 Å². The van der Waals surface area contributed by atoms with Crippen molar-refractivity contribution in [1.29, 1.82) is 0 Å². The molecule has 0 aliphatic carbocycles. The van der Waals surface area contributed by atoms with Crippen LogP contribution in [0.25, 0.3) is 0 Å². The summed E-state index contributed by atoms with van der Waals surface area (Å²) in [5.41, 5.74) is 0.108. The van der Waals surface area contributed by atoms with E-state index in [-0.39, 0.29) is 11.6 Å². The largest absolute Gasteiger partial charge is 0.320 e. The predicted octanol–water partition coefficient (Wildman–Crippen LogP) is 1.11. The third-order valence-electron chi connectivity index (χ3n) is 2.43. The maximum atomic E-state index is 11.4. The fourth-order valence-electron chi connectivity index (χ4n) is 1.61. The van der Waals surface area contributed by atoms with E-state index in [0.29, 0.717) is 0 Å². The predicted molar refractivity (Wildman–Crippen MR) is 62.7 cm³/mol. The molecule has 4 heteroatoms. The lowest BCUT2D eigenvalue weighted by Crippen LogP contribution is -2.21. The van der Waals surface area contributed by atoms with E-state index in [0.717, 1.165) is 38.6 Å². The van der Waals surface area contributed by atoms with Crippen molar-refractivity contribution in [2.45, 2.75) is 39.0 Å². The molecule has 0 aromatic heterocycles. The van der Waals surface area contributed by atoms with Crippen LogP contribution in [0.1, 0.15) is 39.0 Å². The lowest BCUT2D eigenvalue weighted by Gasteiger charge is -2.13. The molecular weight excluding hydrogens is 172 g/mol. The number of rotatable bonds is 9. The van der Waals surface area contributed by atoms with Gasteiger partial charge in [0.25, 0.3) is 0 Å². The zero-order valence-electron chi connectivity index (χ0n) is 9.38. The molecule has 0 unspecified atom stereocenters. The van der Waals surface area contributed by atoms with Crippen LogP contribution >= 0.6 is 0 Å². The second-order valence-corrected chi connectivity index (χ2v) is 3.65. The molecule has 1 N–H and O–H groups in total. The SMILES string of the molecule is [B][B]C(=O)[C@@H](CCC)CCCCNC. The molecule has 0 rings (SSSR count). The summed E-state index contributed by atoms with van der Waals surface area (Å²) < 4.78 is 0. The van der Waals surface area contributed by atoms with Gasteiger partial charge in [0, 0.05) is 13.7 Å². The fourth-order valence-corrected chi connectivity index (χ4v) is 1.61. The highest BCUT2D eigenvalue weighted by Crippen LogP contribution is 2.15. The van der Waals surface area contributed by atoms with Gasteiger partial charge >= 0.3 is 0 Å². The van der Waals surface area contributed by atoms with Crippen molar-refractivity contribution in [3.8, 4) is 0 Å². The van der Waals surface area contributed by atoms with E-state index in [1.807, 2.05) is 7.05 Å². The van der Waals surface area contributed by atoms with Gasteiger partial charge in [-0.05, 0) is 32.9 Å². The second-order valence-electron chi connectivity index (χ2n) is 3.65. The number of nitrogens with one attached hydrogen (secondary N) is 1. The minimum absolute atomic E-state index is 0.108. The molecule has 0 saturated carbocycles. The number of hydrogen-bond acceptors (Lipinski definition) is 2. The van der Waals surface area contributed by atoms with Crippen LogP contribution in [0.5, 0.6) is 0 Å². The summed E-state index contributed by atoms with van der Waals surface area (Å²) in [6, 6.07) is 0. The van der Waals surface area contributed by atoms with Crippen molar-refractivity contribution in [1.82, 2.24) is 5.32 Å². The standard InChI is InChI=1S/C10H20B2NO/c1-3-6-9(10(14)12-11)7-4-5-8-13-2/h9,13H,3-8H2,1-2H3/t9-/m0/s1. The van der Waals surface area contributed by atoms with Crippen molar-refractivity contribution >= 4 is 20.6 Å². The van der Waals surface area contributed by atoms with Crippen LogP contribution in [0.15, 0.2) is 0 Å². The molecule has 3 radical (unpaired) electrons. The van der Waals surface area contributed by atoms with Gasteiger partial charge in [-0.25, -0.2) is 0 Å². The fraction of sp³-hybridized carbons (Fsp3) is 0.900. The quantitative estimate of drug-likeness (QED) is 0.437. The third-order valence-corrected chi connectivity index (χ3v) is 2.43. The van der Waals surface area contributed by atoms with Crippen LogP contribution in [0.3, 0.4) is 0 Å². The Bertz CT molecular complexity index is 153. The molecule has 77 valence electrons. The Hall–Kier alpha value is -0.240. The molecule has 1 atom stereocenters. The Kier molecular flexibility index (Phi) is 9.16. The second kappa shape index (κ2) is 9.32. The van der Waals surface area contributed by atoms with E-state index in [9.17, 15) is 4.79 Å². The van der Waals surface area contributed by atoms with Crippen LogP contribution in [-0.4, -0.2) is 34.2 Å². The highest BCUT2D eigenvalue weighted by atomic mass is 16.1. The molecule has 2 nitrogen and oxygen atoms in total. The molecule has 0 aliphatic heterocycles. The van der Waals surface area contributed by atoms with Gasteiger partial charge < -0.3 is 10.1 Å². The Morgan fingerprint density at radius 3 is 2.64 bits per heavy atom. The van der Waals surface area contributed by atoms with Crippen molar-refractivity contribution in [2.24, 2.45) is 5.92 Å². The van der Waals surface area contributed by atoms with Gasteiger partial charge in [-0.15, -0.1) is 0 Å². The zero-order chi connectivity index (χ0) is 10.8. The summed E-state index contributed by atoms with van der Waals surface area (Å²) in [7, 11) is 8.41. The normalized spacial score (nSPS) is 12.4. The van der Waals surface area contributed by atoms with E-state index in [2.05, 4.69) is 12.2 Å². The highest BCUT2D eigenvalue weighted by molar-refractivity contribution is 7.08. The molecule has 0 saturated heterocycles. The van der Waals surface area contributed by atoms with Gasteiger partial charge in [0.15, 0.2) is 0 Å². The number of carbonyl (C=O) groups is 1. The van der Waals surface area contributed by atoms with Gasteiger partial charge in [0.2, 0.25) is 0 Å². The Morgan fingerprint density at radius 2 is 2.14 bits per heavy atom. The third kappa shape index (κ3) is 6.25. The molecule has 0 fully saturated rings. The summed E-state index contributed by atoms with van der Waals surface area (Å²) in [6.45, 7) is 3.13. The van der Waals surface area contributed by atoms with E-state index in [1.54, 1.807) is 0 Å². The summed E-state index contributed by atoms with van der Waals surface area (Å²) in [5.74, 6) is 0.154. The summed E-state index contributed by atoms with van der Waals surface area (Å²) in [5, 5.41) is 3.10. The maximum Gasteiger partial charge on any atom is 0.146 e. The molecule has 14 heavy (non-hydrogen) atoms. The lowest BCUT2D eigenvalue weighted by molar-refractivity contribution is -0.115. The van der Waals surface area contributed by atoms with Crippen LogP contribution in [0, 0.1) is 5.92 Å². The molecular formula is C10H20B2NO. The monoisotopic (exact) mass is 192 g/mol. The van der Waals surface area contributed by atoms with Crippen LogP contribution in [-0.2, 0) is 4.79 Å². The summed E-state index contributed by atoms with van der Waals surface area (Å²) in [4.78, 5) is 11.4. The summed E-state index contributed by atoms with van der Waals surface area (Å²) in [6.07, 6.45) is 5.23. The molecule has 0 aromatic carbocycles. The van der Waals surface area contributed by atoms with Gasteiger partial charge in [0.1, 0.15) is 7.17 Å². The molecule has 0 aromatic rings. The Balaban J connectivity index is 3.67. The first kappa shape index (κ1) is 13.8. The van der Waals surface area contributed by atoms with E-state index in [4.69, 9.17) is 7.74 Å². The van der Waals surface area contributed by atoms with Crippen molar-refractivity contribution in [2.75, 3.05) is 13.6 Å². The number of hydrogen-bond donors (Lipinski definition) is 1. The van der Waals surface area contributed by atoms with Gasteiger partial charge in [-0.3, -0.25) is 0 Å². The van der Waals surface area contributed by atoms with Crippen LogP contribution in [0.2, 0.25) is 0 Å². The smallest absolute Gasteiger partial charge is 0.146 e. The Morgan fingerprint density at radius 1 is 1.43 bits per heavy atom. The number of carbonyl (C=O) groups excluding carboxylic acids is 1. The number of unbranched alkanes of at least 4 members (excludes halogenated alkanes) is 1. The van der Waals surface area contributed by atoms with Crippen molar-refractivity contribution < 1.29 is 4.79 Å². The molecule has 0 heterocycles. The van der Waals surface area contributed by atoms with Crippen molar-refractivity contribution in [3.63, 3.8) is 0 Å². The first-order chi connectivity index (χ1) is 6.76. The van der Waals surface area contributed by atoms with Crippen molar-refractivity contribution in [3.05, 3.63) is 0 Å². The molecule has 0 amide bonds. The van der Waals surface area contributed by atoms with E-state index < -0.39 is 0 Å². The summed E-state index contributed by atoms with van der Waals surface area (Å²) >= 11 is 0. The van der Waals surface area contributed by atoms with E-state index >= 15 is 0 Å². The topological polar surface area (TPSA) is 29.1 Å². The van der Waals surface area contributed by atoms with E-state index in [1.165, 1.54) is 7.17 Å². The minimum atomic E-state index is 0.108. The van der Waals surface area contributed by atoms with Gasteiger partial charge in [-0.2, -0.15) is 0 Å². The van der Waals surface area contributed by atoms with Gasteiger partial charge in [-0.1, -0.05) is 19.8 Å². The first-order valence-electron chi connectivity index (χ1n) is 5.49. The molecule has 0 aliphatic rings. The molecule has 0 spiro atoms. The molecule has 0 bridgehead atoms. The van der Waals surface area contributed by atoms with Crippen LogP contribution < -0.4 is 5.32 Å². The lowest BCUT2D eigenvalue weighted by atomic mass is 9.49.